The van der Waals surface area contributed by atoms with Crippen molar-refractivity contribution in [1.29, 1.82) is 0 Å². The van der Waals surface area contributed by atoms with Gasteiger partial charge in [-0.25, -0.2) is 8.42 Å². The van der Waals surface area contributed by atoms with E-state index in [9.17, 15) is 13.2 Å². The first-order chi connectivity index (χ1) is 13.4. The maximum absolute atomic E-state index is 12.6. The minimum Gasteiger partial charge on any atom is -0.481 e. The Morgan fingerprint density at radius 1 is 1.18 bits per heavy atom. The largest absolute Gasteiger partial charge is 0.481 e. The quantitative estimate of drug-likeness (QED) is 0.770. The highest BCUT2D eigenvalue weighted by Crippen LogP contribution is 2.21. The normalized spacial score (nSPS) is 16.4. The number of anilines is 1. The van der Waals surface area contributed by atoms with E-state index in [-0.39, 0.29) is 10.8 Å². The molecule has 0 aliphatic carbocycles. The summed E-state index contributed by atoms with van der Waals surface area (Å²) < 4.78 is 37.4. The molecule has 1 aliphatic rings. The average Bonchev–Trinajstić information content (AvgIpc) is 2.69. The van der Waals surface area contributed by atoms with Crippen LogP contribution >= 0.6 is 11.6 Å². The van der Waals surface area contributed by atoms with E-state index in [0.29, 0.717) is 42.8 Å². The van der Waals surface area contributed by atoms with Crippen LogP contribution in [0.2, 0.25) is 5.02 Å². The second-order valence-electron chi connectivity index (χ2n) is 6.25. The number of carbonyl (C=O) groups is 1. The maximum atomic E-state index is 12.6. The summed E-state index contributed by atoms with van der Waals surface area (Å²) in [5.74, 6) is 0.130. The molecule has 0 bridgehead atoms. The minimum atomic E-state index is -3.56. The lowest BCUT2D eigenvalue weighted by Gasteiger charge is -2.26. The van der Waals surface area contributed by atoms with Crippen molar-refractivity contribution in [1.82, 2.24) is 4.31 Å². The highest BCUT2D eigenvalue weighted by atomic mass is 35.5. The number of nitrogens with one attached hydrogen (secondary N) is 1. The third kappa shape index (κ3) is 5.02. The van der Waals surface area contributed by atoms with E-state index in [1.165, 1.54) is 16.4 Å². The monoisotopic (exact) mass is 424 g/mol. The molecule has 1 saturated heterocycles. The SMILES string of the molecule is C[C@@H](Oc1cccc(Cl)c1)C(=O)Nc1ccc(S(=O)(=O)N2CCOCC2)cc1. The molecule has 28 heavy (non-hydrogen) atoms. The predicted octanol–water partition coefficient (Wildman–Crippen LogP) is 2.77. The van der Waals surface area contributed by atoms with Crippen molar-refractivity contribution in [3.8, 4) is 5.75 Å². The highest BCUT2D eigenvalue weighted by Gasteiger charge is 2.26. The van der Waals surface area contributed by atoms with Gasteiger partial charge in [-0.3, -0.25) is 4.79 Å². The molecular weight excluding hydrogens is 404 g/mol. The summed E-state index contributed by atoms with van der Waals surface area (Å²) in [5, 5.41) is 3.23. The molecule has 0 unspecified atom stereocenters. The van der Waals surface area contributed by atoms with Crippen LogP contribution in [0.1, 0.15) is 6.92 Å². The lowest BCUT2D eigenvalue weighted by molar-refractivity contribution is -0.122. The van der Waals surface area contributed by atoms with E-state index in [0.717, 1.165) is 0 Å². The number of sulfonamides is 1. The number of morpholine rings is 1. The van der Waals surface area contributed by atoms with Crippen molar-refractivity contribution in [2.45, 2.75) is 17.9 Å². The Balaban J connectivity index is 1.62. The molecule has 0 aromatic heterocycles. The molecule has 2 aromatic carbocycles. The first kappa shape index (κ1) is 20.6. The Morgan fingerprint density at radius 3 is 2.50 bits per heavy atom. The van der Waals surface area contributed by atoms with Crippen LogP contribution in [0, 0.1) is 0 Å². The number of hydrogen-bond acceptors (Lipinski definition) is 5. The van der Waals surface area contributed by atoms with Crippen LogP contribution < -0.4 is 10.1 Å². The molecule has 150 valence electrons. The molecule has 1 fully saturated rings. The molecular formula is C19H21ClN2O5S. The first-order valence-corrected chi connectivity index (χ1v) is 10.6. The number of amides is 1. The summed E-state index contributed by atoms with van der Waals surface area (Å²) in [5.41, 5.74) is 0.479. The maximum Gasteiger partial charge on any atom is 0.265 e. The van der Waals surface area contributed by atoms with Gasteiger partial charge >= 0.3 is 0 Å². The number of nitrogens with zero attached hydrogens (tertiary/aromatic N) is 1. The van der Waals surface area contributed by atoms with Gasteiger partial charge in [-0.2, -0.15) is 4.31 Å². The van der Waals surface area contributed by atoms with E-state index >= 15 is 0 Å². The molecule has 1 amide bonds. The fourth-order valence-corrected chi connectivity index (χ4v) is 4.28. The zero-order chi connectivity index (χ0) is 20.1. The van der Waals surface area contributed by atoms with Gasteiger partial charge in [0.1, 0.15) is 5.75 Å². The predicted molar refractivity (Wildman–Crippen MR) is 106 cm³/mol. The van der Waals surface area contributed by atoms with Gasteiger partial charge < -0.3 is 14.8 Å². The second kappa shape index (κ2) is 8.91. The van der Waals surface area contributed by atoms with Gasteiger partial charge in [0.05, 0.1) is 18.1 Å². The zero-order valence-electron chi connectivity index (χ0n) is 15.3. The van der Waals surface area contributed by atoms with Crippen LogP contribution in [0.5, 0.6) is 5.75 Å². The number of benzene rings is 2. The van der Waals surface area contributed by atoms with Gasteiger partial charge in [-0.15, -0.1) is 0 Å². The van der Waals surface area contributed by atoms with Crippen LogP contribution in [0.25, 0.3) is 0 Å². The summed E-state index contributed by atoms with van der Waals surface area (Å²) >= 11 is 5.91. The number of rotatable bonds is 6. The summed E-state index contributed by atoms with van der Waals surface area (Å²) in [6.45, 7) is 3.06. The van der Waals surface area contributed by atoms with Crippen molar-refractivity contribution in [3.63, 3.8) is 0 Å². The molecule has 2 aromatic rings. The third-order valence-corrected chi connectivity index (χ3v) is 6.36. The number of carbonyl (C=O) groups excluding carboxylic acids is 1. The fourth-order valence-electron chi connectivity index (χ4n) is 2.69. The van der Waals surface area contributed by atoms with Crippen LogP contribution in [-0.2, 0) is 19.6 Å². The van der Waals surface area contributed by atoms with Gasteiger partial charge in [-0.1, -0.05) is 17.7 Å². The summed E-state index contributed by atoms with van der Waals surface area (Å²) in [6.07, 6.45) is -0.754. The van der Waals surface area contributed by atoms with E-state index in [2.05, 4.69) is 5.32 Å². The van der Waals surface area contributed by atoms with Crippen molar-refractivity contribution in [3.05, 3.63) is 53.6 Å². The molecule has 3 rings (SSSR count). The lowest BCUT2D eigenvalue weighted by Crippen LogP contribution is -2.40. The standard InChI is InChI=1S/C19H21ClN2O5S/c1-14(27-17-4-2-3-15(20)13-17)19(23)21-16-5-7-18(8-6-16)28(24,25)22-9-11-26-12-10-22/h2-8,13-14H,9-12H2,1H3,(H,21,23)/t14-/m1/s1. The van der Waals surface area contributed by atoms with E-state index < -0.39 is 16.1 Å². The molecule has 7 nitrogen and oxygen atoms in total. The Bertz CT molecular complexity index is 928. The Morgan fingerprint density at radius 2 is 1.86 bits per heavy atom. The van der Waals surface area contributed by atoms with Gasteiger partial charge in [0.2, 0.25) is 10.0 Å². The zero-order valence-corrected chi connectivity index (χ0v) is 16.9. The molecule has 0 saturated carbocycles. The number of ether oxygens (including phenoxy) is 2. The second-order valence-corrected chi connectivity index (χ2v) is 8.62. The van der Waals surface area contributed by atoms with Crippen LogP contribution in [0.3, 0.4) is 0 Å². The third-order valence-electron chi connectivity index (χ3n) is 4.21. The van der Waals surface area contributed by atoms with Crippen molar-refractivity contribution < 1.29 is 22.7 Å². The van der Waals surface area contributed by atoms with E-state index in [1.807, 2.05) is 0 Å². The molecule has 1 N–H and O–H groups in total. The number of halogens is 1. The van der Waals surface area contributed by atoms with Gasteiger partial charge in [0, 0.05) is 23.8 Å². The van der Waals surface area contributed by atoms with Crippen molar-refractivity contribution in [2.24, 2.45) is 0 Å². The smallest absolute Gasteiger partial charge is 0.265 e. The van der Waals surface area contributed by atoms with Crippen LogP contribution in [-0.4, -0.2) is 51.0 Å². The lowest BCUT2D eigenvalue weighted by atomic mass is 10.3. The first-order valence-electron chi connectivity index (χ1n) is 8.77. The summed E-state index contributed by atoms with van der Waals surface area (Å²) in [4.78, 5) is 12.5. The summed E-state index contributed by atoms with van der Waals surface area (Å²) in [7, 11) is -3.56. The van der Waals surface area contributed by atoms with Gasteiger partial charge in [0.25, 0.3) is 5.91 Å². The van der Waals surface area contributed by atoms with Crippen LogP contribution in [0.4, 0.5) is 5.69 Å². The molecule has 0 radical (unpaired) electrons. The highest BCUT2D eigenvalue weighted by molar-refractivity contribution is 7.89. The van der Waals surface area contributed by atoms with Crippen molar-refractivity contribution >= 4 is 33.2 Å². The summed E-state index contributed by atoms with van der Waals surface area (Å²) in [6, 6.07) is 12.8. The molecule has 9 heteroatoms. The van der Waals surface area contributed by atoms with Crippen molar-refractivity contribution in [2.75, 3.05) is 31.6 Å². The Kier molecular flexibility index (Phi) is 6.56. The van der Waals surface area contributed by atoms with Gasteiger partial charge in [-0.05, 0) is 49.4 Å². The van der Waals surface area contributed by atoms with E-state index in [1.54, 1.807) is 43.3 Å². The molecule has 0 spiro atoms. The molecule has 1 atom stereocenters. The fraction of sp³-hybridized carbons (Fsp3) is 0.316. The van der Waals surface area contributed by atoms with Crippen LogP contribution in [0.15, 0.2) is 53.4 Å². The molecule has 1 aliphatic heterocycles. The number of hydrogen-bond donors (Lipinski definition) is 1. The van der Waals surface area contributed by atoms with Gasteiger partial charge in [0.15, 0.2) is 6.10 Å². The Hall–Kier alpha value is -2.13. The minimum absolute atomic E-state index is 0.177. The topological polar surface area (TPSA) is 84.9 Å². The molecule has 1 heterocycles. The average molecular weight is 425 g/mol. The Labute approximate surface area is 169 Å². The van der Waals surface area contributed by atoms with E-state index in [4.69, 9.17) is 21.1 Å².